The van der Waals surface area contributed by atoms with Crippen LogP contribution in [0.1, 0.15) is 32.1 Å². The SMILES string of the molecule is Fc1c(F)c(F)c(NC2CCOC3(CCC3)C2)c(F)c1F. The van der Waals surface area contributed by atoms with Crippen LogP contribution in [0.25, 0.3) is 0 Å². The molecule has 0 aromatic heterocycles. The van der Waals surface area contributed by atoms with Crippen molar-refractivity contribution in [2.45, 2.75) is 43.7 Å². The fourth-order valence-corrected chi connectivity index (χ4v) is 3.01. The minimum absolute atomic E-state index is 0.292. The molecule has 1 aliphatic heterocycles. The first-order chi connectivity index (χ1) is 9.93. The summed E-state index contributed by atoms with van der Waals surface area (Å²) in [6, 6.07) is -0.368. The topological polar surface area (TPSA) is 21.3 Å². The Labute approximate surface area is 118 Å². The Hall–Kier alpha value is -1.37. The van der Waals surface area contributed by atoms with E-state index in [9.17, 15) is 22.0 Å². The number of nitrogens with one attached hydrogen (secondary N) is 1. The summed E-state index contributed by atoms with van der Waals surface area (Å²) in [6.07, 6.45) is 3.72. The first-order valence-corrected chi connectivity index (χ1v) is 6.85. The molecule has 1 aliphatic carbocycles. The second-order valence-electron chi connectivity index (χ2n) is 5.66. The molecule has 0 bridgehead atoms. The van der Waals surface area contributed by atoms with Gasteiger partial charge in [0, 0.05) is 12.6 Å². The molecule has 1 heterocycles. The molecule has 2 fully saturated rings. The van der Waals surface area contributed by atoms with E-state index in [1.165, 1.54) is 0 Å². The van der Waals surface area contributed by atoms with Crippen LogP contribution in [0.5, 0.6) is 0 Å². The van der Waals surface area contributed by atoms with Crippen molar-refractivity contribution in [3.63, 3.8) is 0 Å². The van der Waals surface area contributed by atoms with Gasteiger partial charge in [-0.05, 0) is 32.1 Å². The van der Waals surface area contributed by atoms with Crippen molar-refractivity contribution in [1.29, 1.82) is 0 Å². The number of hydrogen-bond donors (Lipinski definition) is 1. The van der Waals surface area contributed by atoms with Gasteiger partial charge in [-0.2, -0.15) is 0 Å². The largest absolute Gasteiger partial charge is 0.377 e. The fraction of sp³-hybridized carbons (Fsp3) is 0.571. The average Bonchev–Trinajstić information content (AvgIpc) is 2.46. The van der Waals surface area contributed by atoms with Crippen molar-refractivity contribution < 1.29 is 26.7 Å². The van der Waals surface area contributed by atoms with Crippen LogP contribution in [0, 0.1) is 29.1 Å². The monoisotopic (exact) mass is 307 g/mol. The Morgan fingerprint density at radius 3 is 2.00 bits per heavy atom. The van der Waals surface area contributed by atoms with Gasteiger partial charge in [0.25, 0.3) is 0 Å². The Kier molecular flexibility index (Phi) is 3.55. The number of benzene rings is 1. The van der Waals surface area contributed by atoms with Gasteiger partial charge in [0.1, 0.15) is 5.69 Å². The van der Waals surface area contributed by atoms with Gasteiger partial charge in [-0.3, -0.25) is 0 Å². The molecular weight excluding hydrogens is 293 g/mol. The lowest BCUT2D eigenvalue weighted by Crippen LogP contribution is -2.49. The smallest absolute Gasteiger partial charge is 0.200 e. The fourth-order valence-electron chi connectivity index (χ4n) is 3.01. The van der Waals surface area contributed by atoms with Crippen LogP contribution in [0.2, 0.25) is 0 Å². The molecule has 3 rings (SSSR count). The molecule has 2 nitrogen and oxygen atoms in total. The molecule has 1 aromatic carbocycles. The third-order valence-corrected chi connectivity index (χ3v) is 4.32. The van der Waals surface area contributed by atoms with E-state index in [4.69, 9.17) is 4.74 Å². The van der Waals surface area contributed by atoms with E-state index in [1.54, 1.807) is 0 Å². The predicted octanol–water partition coefficient (Wildman–Crippen LogP) is 3.90. The summed E-state index contributed by atoms with van der Waals surface area (Å²) in [5, 5.41) is 2.47. The van der Waals surface area contributed by atoms with Gasteiger partial charge in [-0.1, -0.05) is 0 Å². The van der Waals surface area contributed by atoms with Gasteiger partial charge < -0.3 is 10.1 Å². The highest BCUT2D eigenvalue weighted by molar-refractivity contribution is 5.48. The standard InChI is InChI=1S/C14H14F5NO/c15-8-9(16)11(18)13(12(19)10(8)17)20-7-2-5-21-14(6-7)3-1-4-14/h7,20H,1-6H2. The molecule has 1 spiro atoms. The summed E-state index contributed by atoms with van der Waals surface area (Å²) >= 11 is 0. The zero-order chi connectivity index (χ0) is 15.2. The van der Waals surface area contributed by atoms with Crippen molar-refractivity contribution in [3.05, 3.63) is 29.1 Å². The summed E-state index contributed by atoms with van der Waals surface area (Å²) in [4.78, 5) is 0. The zero-order valence-corrected chi connectivity index (χ0v) is 11.1. The normalized spacial score (nSPS) is 24.0. The van der Waals surface area contributed by atoms with E-state index in [0.29, 0.717) is 19.4 Å². The van der Waals surface area contributed by atoms with Gasteiger partial charge in [0.05, 0.1) is 5.60 Å². The molecule has 116 valence electrons. The van der Waals surface area contributed by atoms with E-state index < -0.39 is 34.8 Å². The van der Waals surface area contributed by atoms with E-state index >= 15 is 0 Å². The van der Waals surface area contributed by atoms with Crippen molar-refractivity contribution >= 4 is 5.69 Å². The van der Waals surface area contributed by atoms with Crippen molar-refractivity contribution in [2.75, 3.05) is 11.9 Å². The predicted molar refractivity (Wildman–Crippen MR) is 65.4 cm³/mol. The first-order valence-electron chi connectivity index (χ1n) is 6.85. The Bertz CT molecular complexity index is 544. The van der Waals surface area contributed by atoms with E-state index in [2.05, 4.69) is 5.32 Å². The summed E-state index contributed by atoms with van der Waals surface area (Å²) in [5.74, 6) is -9.64. The van der Waals surface area contributed by atoms with Crippen LogP contribution in [0.4, 0.5) is 27.6 Å². The molecule has 1 atom stereocenters. The summed E-state index contributed by atoms with van der Waals surface area (Å²) in [7, 11) is 0. The molecule has 1 saturated carbocycles. The molecular formula is C14H14F5NO. The maximum absolute atomic E-state index is 13.6. The molecule has 0 radical (unpaired) electrons. The van der Waals surface area contributed by atoms with Crippen molar-refractivity contribution in [2.24, 2.45) is 0 Å². The van der Waals surface area contributed by atoms with Gasteiger partial charge in [-0.15, -0.1) is 0 Å². The first kappa shape index (κ1) is 14.6. The minimum atomic E-state index is -2.14. The summed E-state index contributed by atoms with van der Waals surface area (Å²) in [6.45, 7) is 0.410. The van der Waals surface area contributed by atoms with Crippen LogP contribution in [0.3, 0.4) is 0 Å². The van der Waals surface area contributed by atoms with Gasteiger partial charge in [0.15, 0.2) is 23.3 Å². The molecule has 2 aliphatic rings. The van der Waals surface area contributed by atoms with Gasteiger partial charge in [0.2, 0.25) is 5.82 Å². The van der Waals surface area contributed by atoms with Crippen LogP contribution >= 0.6 is 0 Å². The molecule has 1 aromatic rings. The lowest BCUT2D eigenvalue weighted by molar-refractivity contribution is -0.130. The minimum Gasteiger partial charge on any atom is -0.377 e. The maximum atomic E-state index is 13.6. The van der Waals surface area contributed by atoms with Crippen molar-refractivity contribution in [3.8, 4) is 0 Å². The number of ether oxygens (including phenoxy) is 1. The highest BCUT2D eigenvalue weighted by atomic mass is 19.2. The second kappa shape index (κ2) is 5.12. The van der Waals surface area contributed by atoms with E-state index in [0.717, 1.165) is 19.3 Å². The van der Waals surface area contributed by atoms with Crippen LogP contribution in [-0.2, 0) is 4.74 Å². The Balaban J connectivity index is 1.85. The van der Waals surface area contributed by atoms with E-state index in [1.807, 2.05) is 0 Å². The average molecular weight is 307 g/mol. The molecule has 1 saturated heterocycles. The molecule has 1 unspecified atom stereocenters. The zero-order valence-electron chi connectivity index (χ0n) is 11.1. The highest BCUT2D eigenvalue weighted by Crippen LogP contribution is 2.43. The summed E-state index contributed by atoms with van der Waals surface area (Å²) < 4.78 is 72.2. The second-order valence-corrected chi connectivity index (χ2v) is 5.66. The Morgan fingerprint density at radius 2 is 1.48 bits per heavy atom. The van der Waals surface area contributed by atoms with Crippen LogP contribution in [0.15, 0.2) is 0 Å². The van der Waals surface area contributed by atoms with E-state index in [-0.39, 0.29) is 11.6 Å². The summed E-state index contributed by atoms with van der Waals surface area (Å²) in [5.41, 5.74) is -1.24. The van der Waals surface area contributed by atoms with Gasteiger partial charge >= 0.3 is 0 Å². The van der Waals surface area contributed by atoms with Gasteiger partial charge in [-0.25, -0.2) is 22.0 Å². The van der Waals surface area contributed by atoms with Crippen LogP contribution in [-0.4, -0.2) is 18.2 Å². The van der Waals surface area contributed by atoms with Crippen LogP contribution < -0.4 is 5.32 Å². The molecule has 21 heavy (non-hydrogen) atoms. The highest BCUT2D eigenvalue weighted by Gasteiger charge is 2.43. The lowest BCUT2D eigenvalue weighted by atomic mass is 9.74. The third kappa shape index (κ3) is 2.37. The number of rotatable bonds is 2. The number of halogens is 5. The molecule has 7 heteroatoms. The Morgan fingerprint density at radius 1 is 0.905 bits per heavy atom. The number of hydrogen-bond acceptors (Lipinski definition) is 2. The molecule has 0 amide bonds. The molecule has 1 N–H and O–H groups in total. The quantitative estimate of drug-likeness (QED) is 0.508. The maximum Gasteiger partial charge on any atom is 0.200 e. The lowest BCUT2D eigenvalue weighted by Gasteiger charge is -2.47. The number of anilines is 1. The van der Waals surface area contributed by atoms with Crippen molar-refractivity contribution in [1.82, 2.24) is 0 Å². The third-order valence-electron chi connectivity index (χ3n) is 4.32.